The zero-order valence-corrected chi connectivity index (χ0v) is 23.4. The fourth-order valence-electron chi connectivity index (χ4n) is 4.21. The number of carbonyl (C=O) groups is 2. The molecule has 0 aliphatic carbocycles. The molecule has 0 unspecified atom stereocenters. The van der Waals surface area contributed by atoms with Gasteiger partial charge in [0.1, 0.15) is 5.75 Å². The molecule has 0 aromatic heterocycles. The van der Waals surface area contributed by atoms with Crippen molar-refractivity contribution in [3.05, 3.63) is 94.0 Å². The second kappa shape index (κ2) is 13.5. The number of para-hydroxylation sites is 1. The Morgan fingerprint density at radius 3 is 2.33 bits per heavy atom. The molecule has 9 nitrogen and oxygen atoms in total. The van der Waals surface area contributed by atoms with Gasteiger partial charge in [0.2, 0.25) is 0 Å². The van der Waals surface area contributed by atoms with Gasteiger partial charge in [-0.15, -0.1) is 24.2 Å². The minimum Gasteiger partial charge on any atom is -0.497 e. The lowest BCUT2D eigenvalue weighted by Crippen LogP contribution is -2.43. The van der Waals surface area contributed by atoms with E-state index >= 15 is 0 Å². The van der Waals surface area contributed by atoms with Crippen molar-refractivity contribution in [1.82, 2.24) is 4.90 Å². The molecule has 0 saturated carbocycles. The monoisotopic (exact) mass is 571 g/mol. The highest BCUT2D eigenvalue weighted by Gasteiger charge is 2.41. The normalized spacial score (nSPS) is 16.6. The number of anilines is 1. The maximum Gasteiger partial charge on any atom is 0.338 e. The second-order valence-corrected chi connectivity index (χ2v) is 10.2. The van der Waals surface area contributed by atoms with Crippen LogP contribution in [-0.4, -0.2) is 62.1 Å². The molecular formula is C28H30ClN3O6S. The Hall–Kier alpha value is -3.60. The Morgan fingerprint density at radius 1 is 1.05 bits per heavy atom. The Kier molecular flexibility index (Phi) is 10.3. The predicted molar refractivity (Wildman–Crippen MR) is 153 cm³/mol. The summed E-state index contributed by atoms with van der Waals surface area (Å²) in [6.07, 6.45) is -0.406. The average molecular weight is 572 g/mol. The molecule has 11 heteroatoms. The molecule has 3 aromatic carbocycles. The van der Waals surface area contributed by atoms with Gasteiger partial charge in [-0.05, 0) is 69.0 Å². The van der Waals surface area contributed by atoms with E-state index in [0.29, 0.717) is 12.3 Å². The number of hydrogen-bond acceptors (Lipinski definition) is 8. The Bertz CT molecular complexity index is 1300. The molecular weight excluding hydrogens is 542 g/mol. The van der Waals surface area contributed by atoms with Gasteiger partial charge >= 0.3 is 5.97 Å². The molecule has 3 aromatic rings. The fourth-order valence-corrected chi connectivity index (χ4v) is 5.53. The smallest absolute Gasteiger partial charge is 0.338 e. The number of benzene rings is 3. The van der Waals surface area contributed by atoms with Crippen LogP contribution >= 0.6 is 24.2 Å². The quantitative estimate of drug-likeness (QED) is 0.191. The highest BCUT2D eigenvalue weighted by Crippen LogP contribution is 2.47. The van der Waals surface area contributed by atoms with Crippen LogP contribution in [0.2, 0.25) is 0 Å². The summed E-state index contributed by atoms with van der Waals surface area (Å²) in [7, 11) is 5.53. The standard InChI is InChI=1S/C28H29N3O6S.ClH/c1-29(2)17-6-18-30-23-7-4-5-8-24(23)38-26(19-11-15-22(36-3)16-12-19)25(27(30)32)37-28(33)20-9-13-21(14-10-20)31(34)35;/h4-5,7-16,25-26H,6,17-18H2,1-3H3;1H/t25-,26+;/m0./s1. The number of nitro benzene ring substituents is 1. The number of thioether (sulfide) groups is 1. The van der Waals surface area contributed by atoms with Gasteiger partial charge in [-0.25, -0.2) is 4.79 Å². The number of nitrogens with zero attached hydrogens (tertiary/aromatic N) is 3. The van der Waals surface area contributed by atoms with Gasteiger partial charge in [0.15, 0.2) is 6.10 Å². The maximum absolute atomic E-state index is 14.1. The number of rotatable bonds is 9. The lowest BCUT2D eigenvalue weighted by molar-refractivity contribution is -0.384. The van der Waals surface area contributed by atoms with Crippen LogP contribution in [0.15, 0.2) is 77.7 Å². The van der Waals surface area contributed by atoms with Crippen molar-refractivity contribution in [3.8, 4) is 5.75 Å². The number of carbonyl (C=O) groups excluding carboxylic acids is 2. The molecule has 0 fully saturated rings. The maximum atomic E-state index is 14.1. The highest BCUT2D eigenvalue weighted by atomic mass is 35.5. The zero-order chi connectivity index (χ0) is 27.2. The number of non-ortho nitro benzene ring substituents is 1. The van der Waals surface area contributed by atoms with Crippen molar-refractivity contribution < 1.29 is 24.0 Å². The van der Waals surface area contributed by atoms with E-state index in [-0.39, 0.29) is 29.6 Å². The van der Waals surface area contributed by atoms with E-state index in [1.165, 1.54) is 36.0 Å². The average Bonchev–Trinajstić information content (AvgIpc) is 3.03. The summed E-state index contributed by atoms with van der Waals surface area (Å²) in [6.45, 7) is 1.24. The minimum absolute atomic E-state index is 0. The molecule has 39 heavy (non-hydrogen) atoms. The van der Waals surface area contributed by atoms with Gasteiger partial charge in [-0.3, -0.25) is 14.9 Å². The van der Waals surface area contributed by atoms with Gasteiger partial charge < -0.3 is 19.3 Å². The number of methoxy groups -OCH3 is 1. The summed E-state index contributed by atoms with van der Waals surface area (Å²) in [4.78, 5) is 42.5. The van der Waals surface area contributed by atoms with Crippen LogP contribution in [-0.2, 0) is 9.53 Å². The number of amides is 1. The summed E-state index contributed by atoms with van der Waals surface area (Å²) in [5, 5.41) is 10.5. The first-order valence-electron chi connectivity index (χ1n) is 12.1. The number of fused-ring (bicyclic) bond motifs is 1. The molecule has 2 atom stereocenters. The van der Waals surface area contributed by atoms with E-state index in [0.717, 1.165) is 29.1 Å². The van der Waals surface area contributed by atoms with Crippen LogP contribution in [0, 0.1) is 10.1 Å². The van der Waals surface area contributed by atoms with Crippen LogP contribution in [0.3, 0.4) is 0 Å². The Morgan fingerprint density at radius 2 is 1.72 bits per heavy atom. The van der Waals surface area contributed by atoms with Gasteiger partial charge in [0, 0.05) is 23.6 Å². The van der Waals surface area contributed by atoms with Crippen molar-refractivity contribution in [3.63, 3.8) is 0 Å². The van der Waals surface area contributed by atoms with Crippen LogP contribution in [0.4, 0.5) is 11.4 Å². The molecule has 1 amide bonds. The van der Waals surface area contributed by atoms with E-state index in [1.54, 1.807) is 24.1 Å². The Balaban J connectivity index is 0.00000420. The molecule has 0 saturated heterocycles. The van der Waals surface area contributed by atoms with Gasteiger partial charge in [0.25, 0.3) is 11.6 Å². The number of nitro groups is 1. The lowest BCUT2D eigenvalue weighted by Gasteiger charge is -2.28. The number of hydrogen-bond donors (Lipinski definition) is 0. The number of ether oxygens (including phenoxy) is 2. The van der Waals surface area contributed by atoms with Gasteiger partial charge in [0.05, 0.1) is 28.5 Å². The molecule has 0 N–H and O–H groups in total. The molecule has 0 bridgehead atoms. The topological polar surface area (TPSA) is 102 Å². The fraction of sp³-hybridized carbons (Fsp3) is 0.286. The van der Waals surface area contributed by atoms with E-state index in [1.807, 2.05) is 50.5 Å². The van der Waals surface area contributed by atoms with Crippen LogP contribution in [0.25, 0.3) is 0 Å². The number of esters is 1. The first-order valence-corrected chi connectivity index (χ1v) is 13.0. The summed E-state index contributed by atoms with van der Waals surface area (Å²) < 4.78 is 11.2. The van der Waals surface area contributed by atoms with Crippen molar-refractivity contribution in [2.24, 2.45) is 0 Å². The summed E-state index contributed by atoms with van der Waals surface area (Å²) in [6, 6.07) is 20.2. The molecule has 4 rings (SSSR count). The van der Waals surface area contributed by atoms with Crippen LogP contribution in [0.1, 0.15) is 27.6 Å². The molecule has 1 aliphatic heterocycles. The highest BCUT2D eigenvalue weighted by molar-refractivity contribution is 7.99. The third kappa shape index (κ3) is 7.08. The second-order valence-electron chi connectivity index (χ2n) is 9.06. The first kappa shape index (κ1) is 29.9. The van der Waals surface area contributed by atoms with Crippen molar-refractivity contribution in [2.45, 2.75) is 22.7 Å². The summed E-state index contributed by atoms with van der Waals surface area (Å²) >= 11 is 1.46. The number of halogens is 1. The largest absolute Gasteiger partial charge is 0.497 e. The van der Waals surface area contributed by atoms with Crippen molar-refractivity contribution in [2.75, 3.05) is 39.2 Å². The van der Waals surface area contributed by atoms with E-state index in [2.05, 4.69) is 4.90 Å². The van der Waals surface area contributed by atoms with E-state index in [4.69, 9.17) is 9.47 Å². The summed E-state index contributed by atoms with van der Waals surface area (Å²) in [5.41, 5.74) is 1.56. The van der Waals surface area contributed by atoms with Crippen molar-refractivity contribution >= 4 is 47.4 Å². The van der Waals surface area contributed by atoms with Gasteiger partial charge in [-0.2, -0.15) is 0 Å². The SMILES string of the molecule is COc1ccc([C@H]2Sc3ccccc3N(CCCN(C)C)C(=O)[C@H]2OC(=O)c2ccc([N+](=O)[O-])cc2)cc1.Cl. The molecule has 1 heterocycles. The van der Waals surface area contributed by atoms with Crippen LogP contribution < -0.4 is 9.64 Å². The molecule has 1 aliphatic rings. The van der Waals surface area contributed by atoms with Gasteiger partial charge in [-0.1, -0.05) is 24.3 Å². The predicted octanol–water partition coefficient (Wildman–Crippen LogP) is 5.38. The molecule has 0 spiro atoms. The Labute approximate surface area is 237 Å². The molecule has 206 valence electrons. The van der Waals surface area contributed by atoms with E-state index in [9.17, 15) is 19.7 Å². The van der Waals surface area contributed by atoms with E-state index < -0.39 is 22.2 Å². The zero-order valence-electron chi connectivity index (χ0n) is 21.8. The summed E-state index contributed by atoms with van der Waals surface area (Å²) in [5.74, 6) is -0.377. The third-order valence-corrected chi connectivity index (χ3v) is 7.55. The lowest BCUT2D eigenvalue weighted by atomic mass is 10.0. The minimum atomic E-state index is -1.14. The van der Waals surface area contributed by atoms with Crippen LogP contribution in [0.5, 0.6) is 5.75 Å². The third-order valence-electron chi connectivity index (χ3n) is 6.17. The molecule has 0 radical (unpaired) electrons. The first-order chi connectivity index (χ1) is 18.3. The van der Waals surface area contributed by atoms with Crippen molar-refractivity contribution in [1.29, 1.82) is 0 Å².